The molecule has 8 heteroatoms. The monoisotopic (exact) mass is 406 g/mol. The van der Waals surface area contributed by atoms with Crippen molar-refractivity contribution in [2.75, 3.05) is 18.5 Å². The topological polar surface area (TPSA) is 94.6 Å². The first-order valence-electron chi connectivity index (χ1n) is 8.38. The fourth-order valence-electron chi connectivity index (χ4n) is 2.77. The summed E-state index contributed by atoms with van der Waals surface area (Å²) in [4.78, 5) is 24.2. The van der Waals surface area contributed by atoms with E-state index in [1.807, 2.05) is 0 Å². The van der Waals surface area contributed by atoms with Crippen LogP contribution in [-0.2, 0) is 0 Å². The maximum Gasteiger partial charge on any atom is 0.336 e. The molecule has 0 spiro atoms. The maximum absolute atomic E-state index is 13.6. The Morgan fingerprint density at radius 2 is 1.93 bits per heavy atom. The molecule has 0 radical (unpaired) electrons. The fourth-order valence-corrected chi connectivity index (χ4v) is 2.77. The molecule has 0 saturated heterocycles. The lowest BCUT2D eigenvalue weighted by Crippen LogP contribution is -2.17. The summed E-state index contributed by atoms with van der Waals surface area (Å²) < 4.78 is 24.3. The zero-order valence-corrected chi connectivity index (χ0v) is 16.2. The Labute approximate surface area is 166 Å². The van der Waals surface area contributed by atoms with E-state index in [2.05, 4.69) is 5.32 Å². The SMILES string of the molecule is Cc1cc2oc(=O)cc(C)c2cc1NC(=O)c1cc(F)ccc1OCCN.Cl. The van der Waals surface area contributed by atoms with Gasteiger partial charge in [0.05, 0.1) is 5.56 Å². The first-order valence-corrected chi connectivity index (χ1v) is 8.38. The van der Waals surface area contributed by atoms with Gasteiger partial charge in [-0.1, -0.05) is 0 Å². The van der Waals surface area contributed by atoms with Gasteiger partial charge in [0.2, 0.25) is 0 Å². The van der Waals surface area contributed by atoms with Crippen molar-refractivity contribution in [2.24, 2.45) is 5.73 Å². The van der Waals surface area contributed by atoms with E-state index in [0.717, 1.165) is 11.6 Å². The molecule has 28 heavy (non-hydrogen) atoms. The molecule has 1 aromatic heterocycles. The van der Waals surface area contributed by atoms with Crippen LogP contribution in [0, 0.1) is 19.7 Å². The molecular weight excluding hydrogens is 387 g/mol. The minimum atomic E-state index is -0.548. The first-order chi connectivity index (χ1) is 12.9. The third kappa shape index (κ3) is 4.49. The lowest BCUT2D eigenvalue weighted by Gasteiger charge is -2.13. The van der Waals surface area contributed by atoms with Gasteiger partial charge in [-0.3, -0.25) is 4.79 Å². The second-order valence-electron chi connectivity index (χ2n) is 6.14. The molecule has 0 aliphatic heterocycles. The second-order valence-corrected chi connectivity index (χ2v) is 6.14. The zero-order valence-electron chi connectivity index (χ0n) is 15.4. The third-order valence-corrected chi connectivity index (χ3v) is 4.11. The third-order valence-electron chi connectivity index (χ3n) is 4.11. The predicted octanol–water partition coefficient (Wildman–Crippen LogP) is 3.56. The summed E-state index contributed by atoms with van der Waals surface area (Å²) in [5.41, 5.74) is 7.45. The molecule has 0 bridgehead atoms. The number of ether oxygens (including phenoxy) is 1. The van der Waals surface area contributed by atoms with Crippen LogP contribution < -0.4 is 21.4 Å². The summed E-state index contributed by atoms with van der Waals surface area (Å²) in [7, 11) is 0. The Morgan fingerprint density at radius 3 is 2.64 bits per heavy atom. The van der Waals surface area contributed by atoms with Crippen molar-refractivity contribution >= 4 is 35.0 Å². The summed E-state index contributed by atoms with van der Waals surface area (Å²) in [6.07, 6.45) is 0. The molecule has 0 unspecified atom stereocenters. The van der Waals surface area contributed by atoms with Gasteiger partial charge in [-0.15, -0.1) is 12.4 Å². The molecule has 0 fully saturated rings. The Bertz CT molecular complexity index is 1080. The number of halogens is 2. The molecule has 148 valence electrons. The summed E-state index contributed by atoms with van der Waals surface area (Å²) in [6.45, 7) is 4.03. The van der Waals surface area contributed by atoms with E-state index in [1.165, 1.54) is 18.2 Å². The number of fused-ring (bicyclic) bond motifs is 1. The van der Waals surface area contributed by atoms with E-state index < -0.39 is 17.3 Å². The van der Waals surface area contributed by atoms with Crippen molar-refractivity contribution in [3.63, 3.8) is 0 Å². The molecule has 3 rings (SSSR count). The molecule has 0 aliphatic rings. The second kappa shape index (κ2) is 8.86. The minimum absolute atomic E-state index is 0. The van der Waals surface area contributed by atoms with Crippen LogP contribution >= 0.6 is 12.4 Å². The molecule has 0 atom stereocenters. The van der Waals surface area contributed by atoms with Gasteiger partial charge >= 0.3 is 5.63 Å². The molecular formula is C20H20ClFN2O4. The van der Waals surface area contributed by atoms with Crippen LogP contribution in [0.15, 0.2) is 45.6 Å². The molecule has 3 aromatic rings. The highest BCUT2D eigenvalue weighted by Crippen LogP contribution is 2.27. The Kier molecular flexibility index (Phi) is 6.77. The van der Waals surface area contributed by atoms with Crippen molar-refractivity contribution in [3.05, 3.63) is 69.3 Å². The fraction of sp³-hybridized carbons (Fsp3) is 0.200. The lowest BCUT2D eigenvalue weighted by atomic mass is 10.1. The van der Waals surface area contributed by atoms with Crippen LogP contribution in [-0.4, -0.2) is 19.1 Å². The molecule has 6 nitrogen and oxygen atoms in total. The van der Waals surface area contributed by atoms with Crippen LogP contribution in [0.25, 0.3) is 11.0 Å². The summed E-state index contributed by atoms with van der Waals surface area (Å²) >= 11 is 0. The van der Waals surface area contributed by atoms with E-state index in [-0.39, 0.29) is 36.9 Å². The van der Waals surface area contributed by atoms with Gasteiger partial charge in [0, 0.05) is 23.7 Å². The van der Waals surface area contributed by atoms with Crippen molar-refractivity contribution < 1.29 is 18.3 Å². The number of nitrogens with one attached hydrogen (secondary N) is 1. The standard InChI is InChI=1S/C20H19FN2O4.ClH/c1-11-8-19(24)27-18-7-12(2)16(10-14(11)18)23-20(25)15-9-13(21)3-4-17(15)26-6-5-22;/h3-4,7-10H,5-6,22H2,1-2H3,(H,23,25);1H. The van der Waals surface area contributed by atoms with Crippen molar-refractivity contribution in [3.8, 4) is 5.75 Å². The number of benzene rings is 2. The van der Waals surface area contributed by atoms with Crippen LogP contribution in [0.5, 0.6) is 5.75 Å². The van der Waals surface area contributed by atoms with Gasteiger partial charge < -0.3 is 20.2 Å². The highest BCUT2D eigenvalue weighted by molar-refractivity contribution is 6.07. The van der Waals surface area contributed by atoms with Gasteiger partial charge in [-0.05, 0) is 55.3 Å². The van der Waals surface area contributed by atoms with Crippen molar-refractivity contribution in [1.82, 2.24) is 0 Å². The molecule has 1 heterocycles. The summed E-state index contributed by atoms with van der Waals surface area (Å²) in [6, 6.07) is 8.51. The number of hydrogen-bond donors (Lipinski definition) is 2. The molecule has 2 aromatic carbocycles. The molecule has 0 aliphatic carbocycles. The maximum atomic E-state index is 13.6. The molecule has 0 saturated carbocycles. The summed E-state index contributed by atoms with van der Waals surface area (Å²) in [5, 5.41) is 3.47. The Balaban J connectivity index is 0.00000280. The molecule has 1 amide bonds. The van der Waals surface area contributed by atoms with Gasteiger partial charge in [0.25, 0.3) is 5.91 Å². The number of aryl methyl sites for hydroxylation is 2. The Hall–Kier alpha value is -2.90. The van der Waals surface area contributed by atoms with Gasteiger partial charge in [-0.2, -0.15) is 0 Å². The normalized spacial score (nSPS) is 10.4. The van der Waals surface area contributed by atoms with Crippen LogP contribution in [0.2, 0.25) is 0 Å². The van der Waals surface area contributed by atoms with E-state index in [1.54, 1.807) is 26.0 Å². The van der Waals surface area contributed by atoms with Gasteiger partial charge in [0.1, 0.15) is 23.8 Å². The van der Waals surface area contributed by atoms with Gasteiger partial charge in [-0.25, -0.2) is 9.18 Å². The van der Waals surface area contributed by atoms with E-state index in [9.17, 15) is 14.0 Å². The average molecular weight is 407 g/mol. The number of carbonyl (C=O) groups is 1. The number of carbonyl (C=O) groups excluding carboxylic acids is 1. The van der Waals surface area contributed by atoms with Crippen molar-refractivity contribution in [2.45, 2.75) is 13.8 Å². The number of nitrogens with two attached hydrogens (primary N) is 1. The Morgan fingerprint density at radius 1 is 1.18 bits per heavy atom. The van der Waals surface area contributed by atoms with Crippen LogP contribution in [0.3, 0.4) is 0 Å². The highest BCUT2D eigenvalue weighted by Gasteiger charge is 2.16. The summed E-state index contributed by atoms with van der Waals surface area (Å²) in [5.74, 6) is -0.813. The minimum Gasteiger partial charge on any atom is -0.491 e. The lowest BCUT2D eigenvalue weighted by molar-refractivity contribution is 0.102. The predicted molar refractivity (Wildman–Crippen MR) is 108 cm³/mol. The first kappa shape index (κ1) is 21.4. The molecule has 3 N–H and O–H groups in total. The number of hydrogen-bond acceptors (Lipinski definition) is 5. The van der Waals surface area contributed by atoms with E-state index in [4.69, 9.17) is 14.9 Å². The number of amides is 1. The van der Waals surface area contributed by atoms with Crippen LogP contribution in [0.4, 0.5) is 10.1 Å². The van der Waals surface area contributed by atoms with Gasteiger partial charge in [0.15, 0.2) is 0 Å². The quantitative estimate of drug-likeness (QED) is 0.632. The van der Waals surface area contributed by atoms with E-state index in [0.29, 0.717) is 22.2 Å². The van der Waals surface area contributed by atoms with Crippen molar-refractivity contribution in [1.29, 1.82) is 0 Å². The van der Waals surface area contributed by atoms with Crippen LogP contribution in [0.1, 0.15) is 21.5 Å². The highest BCUT2D eigenvalue weighted by atomic mass is 35.5. The van der Waals surface area contributed by atoms with E-state index >= 15 is 0 Å². The average Bonchev–Trinajstić information content (AvgIpc) is 2.61. The smallest absolute Gasteiger partial charge is 0.336 e. The number of anilines is 1. The number of rotatable bonds is 5. The largest absolute Gasteiger partial charge is 0.491 e. The zero-order chi connectivity index (χ0) is 19.6.